The Bertz CT molecular complexity index is 721. The number of benzene rings is 1. The molecule has 0 aliphatic rings. The molecule has 0 spiro atoms. The van der Waals surface area contributed by atoms with E-state index < -0.39 is 23.4 Å². The first kappa shape index (κ1) is 18.3. The topological polar surface area (TPSA) is 51.2 Å². The van der Waals surface area contributed by atoms with E-state index in [0.717, 1.165) is 12.1 Å². The molecule has 8 heteroatoms. The average molecular weight is 358 g/mol. The molecule has 0 radical (unpaired) electrons. The molecule has 24 heavy (non-hydrogen) atoms. The molecule has 1 aromatic heterocycles. The van der Waals surface area contributed by atoms with Crippen LogP contribution in [0.5, 0.6) is 0 Å². The van der Waals surface area contributed by atoms with E-state index in [1.54, 1.807) is 26.8 Å². The van der Waals surface area contributed by atoms with E-state index in [2.05, 4.69) is 10.3 Å². The summed E-state index contributed by atoms with van der Waals surface area (Å²) in [4.78, 5) is 15.8. The number of rotatable bonds is 3. The summed E-state index contributed by atoms with van der Waals surface area (Å²) in [6, 6.07) is 5.10. The summed E-state index contributed by atoms with van der Waals surface area (Å²) in [5.41, 5.74) is -0.804. The molecular weight excluding hydrogens is 341 g/mol. The normalized spacial score (nSPS) is 12.1. The number of hydrogen-bond donors (Lipinski definition) is 1. The molecule has 4 nitrogen and oxygen atoms in total. The number of thiazole rings is 1. The molecule has 0 bridgehead atoms. The lowest BCUT2D eigenvalue weighted by Crippen LogP contribution is -2.26. The Balaban J connectivity index is 2.03. The van der Waals surface area contributed by atoms with Crippen LogP contribution in [0.3, 0.4) is 0 Å². The predicted octanol–water partition coefficient (Wildman–Crippen LogP) is 5.10. The summed E-state index contributed by atoms with van der Waals surface area (Å²) in [6.45, 7) is 5.24. The molecule has 0 fully saturated rings. The van der Waals surface area contributed by atoms with Gasteiger partial charge in [-0.1, -0.05) is 18.2 Å². The van der Waals surface area contributed by atoms with Gasteiger partial charge in [0.15, 0.2) is 0 Å². The molecule has 0 unspecified atom stereocenters. The molecular formula is C16H17F3N2O2S. The molecule has 1 amide bonds. The number of halogens is 3. The van der Waals surface area contributed by atoms with Crippen molar-refractivity contribution in [2.24, 2.45) is 0 Å². The fraction of sp³-hybridized carbons (Fsp3) is 0.375. The van der Waals surface area contributed by atoms with Crippen molar-refractivity contribution in [3.05, 3.63) is 46.6 Å². The van der Waals surface area contributed by atoms with Gasteiger partial charge in [-0.2, -0.15) is 13.2 Å². The minimum Gasteiger partial charge on any atom is -0.444 e. The number of nitrogens with one attached hydrogen (secondary N) is 1. The van der Waals surface area contributed by atoms with Crippen molar-refractivity contribution in [3.63, 3.8) is 0 Å². The van der Waals surface area contributed by atoms with Gasteiger partial charge in [-0.3, -0.25) is 5.32 Å². The second-order valence-corrected chi connectivity index (χ2v) is 7.24. The monoisotopic (exact) mass is 358 g/mol. The van der Waals surface area contributed by atoms with Crippen LogP contribution in [0.25, 0.3) is 0 Å². The molecule has 1 aromatic carbocycles. The maximum atomic E-state index is 12.7. The highest BCUT2D eigenvalue weighted by Crippen LogP contribution is 2.30. The van der Waals surface area contributed by atoms with Crippen LogP contribution in [-0.4, -0.2) is 16.7 Å². The summed E-state index contributed by atoms with van der Waals surface area (Å²) in [5, 5.41) is 3.63. The van der Waals surface area contributed by atoms with Gasteiger partial charge in [-0.05, 0) is 32.4 Å². The predicted molar refractivity (Wildman–Crippen MR) is 86.2 cm³/mol. The summed E-state index contributed by atoms with van der Waals surface area (Å²) < 4.78 is 43.3. The van der Waals surface area contributed by atoms with Crippen molar-refractivity contribution in [1.29, 1.82) is 0 Å². The molecule has 0 aliphatic heterocycles. The molecule has 0 saturated carbocycles. The highest BCUT2D eigenvalue weighted by molar-refractivity contribution is 7.15. The number of amides is 1. The van der Waals surface area contributed by atoms with Gasteiger partial charge in [-0.25, -0.2) is 9.78 Å². The van der Waals surface area contributed by atoms with Gasteiger partial charge in [-0.15, -0.1) is 11.3 Å². The minimum absolute atomic E-state index is 0.255. The largest absolute Gasteiger partial charge is 0.444 e. The van der Waals surface area contributed by atoms with Gasteiger partial charge in [0.2, 0.25) is 0 Å². The highest BCUT2D eigenvalue weighted by atomic mass is 32.1. The van der Waals surface area contributed by atoms with E-state index >= 15 is 0 Å². The summed E-state index contributed by atoms with van der Waals surface area (Å²) >= 11 is 1.19. The van der Waals surface area contributed by atoms with E-state index in [-0.39, 0.29) is 6.42 Å². The second-order valence-electron chi connectivity index (χ2n) is 6.12. The Labute approximate surface area is 141 Å². The average Bonchev–Trinajstić information content (AvgIpc) is 2.83. The van der Waals surface area contributed by atoms with Crippen LogP contribution in [-0.2, 0) is 17.3 Å². The number of anilines is 1. The van der Waals surface area contributed by atoms with Crippen molar-refractivity contribution in [2.45, 2.75) is 39.0 Å². The highest BCUT2D eigenvalue weighted by Gasteiger charge is 2.30. The number of alkyl halides is 3. The van der Waals surface area contributed by atoms with Crippen molar-refractivity contribution >= 4 is 22.4 Å². The summed E-state index contributed by atoms with van der Waals surface area (Å²) in [6.07, 6.45) is -3.26. The van der Waals surface area contributed by atoms with E-state index in [0.29, 0.717) is 15.6 Å². The van der Waals surface area contributed by atoms with Gasteiger partial charge in [0.1, 0.15) is 10.6 Å². The van der Waals surface area contributed by atoms with Crippen LogP contribution in [0.1, 0.15) is 36.9 Å². The lowest BCUT2D eigenvalue weighted by Gasteiger charge is -2.19. The number of nitrogens with zero attached hydrogens (tertiary/aromatic N) is 1. The van der Waals surface area contributed by atoms with Crippen LogP contribution in [0.15, 0.2) is 30.5 Å². The minimum atomic E-state index is -4.37. The Hall–Kier alpha value is -2.09. The molecule has 0 saturated heterocycles. The molecule has 1 heterocycles. The van der Waals surface area contributed by atoms with Crippen LogP contribution in [0.2, 0.25) is 0 Å². The zero-order chi connectivity index (χ0) is 18.0. The first-order valence-corrected chi connectivity index (χ1v) is 7.95. The van der Waals surface area contributed by atoms with Crippen LogP contribution < -0.4 is 5.32 Å². The van der Waals surface area contributed by atoms with E-state index in [4.69, 9.17) is 4.74 Å². The van der Waals surface area contributed by atoms with E-state index in [1.807, 2.05) is 0 Å². The third-order valence-electron chi connectivity index (χ3n) is 2.79. The van der Waals surface area contributed by atoms with Crippen LogP contribution in [0, 0.1) is 0 Å². The number of hydrogen-bond acceptors (Lipinski definition) is 4. The fourth-order valence-electron chi connectivity index (χ4n) is 1.89. The molecule has 130 valence electrons. The van der Waals surface area contributed by atoms with E-state index in [9.17, 15) is 18.0 Å². The molecule has 0 atom stereocenters. The Morgan fingerprint density at radius 2 is 2.00 bits per heavy atom. The number of carbonyl (C=O) groups is 1. The molecule has 2 rings (SSSR count). The molecule has 0 aliphatic carbocycles. The van der Waals surface area contributed by atoms with E-state index in [1.165, 1.54) is 23.6 Å². The van der Waals surface area contributed by atoms with Gasteiger partial charge < -0.3 is 4.74 Å². The first-order chi connectivity index (χ1) is 11.0. The Morgan fingerprint density at radius 1 is 1.29 bits per heavy atom. The Morgan fingerprint density at radius 3 is 2.62 bits per heavy atom. The Kier molecular flexibility index (Phi) is 5.17. The van der Waals surface area contributed by atoms with Crippen molar-refractivity contribution in [3.8, 4) is 0 Å². The summed E-state index contributed by atoms with van der Waals surface area (Å²) in [5.74, 6) is 0. The van der Waals surface area contributed by atoms with Crippen molar-refractivity contribution in [1.82, 2.24) is 4.98 Å². The smallest absolute Gasteiger partial charge is 0.416 e. The maximum absolute atomic E-state index is 12.7. The van der Waals surface area contributed by atoms with Gasteiger partial charge in [0.25, 0.3) is 0 Å². The third kappa shape index (κ3) is 5.52. The quantitative estimate of drug-likeness (QED) is 0.830. The zero-order valence-electron chi connectivity index (χ0n) is 13.4. The maximum Gasteiger partial charge on any atom is 0.416 e. The number of carbonyl (C=O) groups excluding carboxylic acids is 1. The lowest BCUT2D eigenvalue weighted by atomic mass is 10.1. The van der Waals surface area contributed by atoms with Gasteiger partial charge in [0.05, 0.1) is 16.8 Å². The molecule has 1 N–H and O–H groups in total. The van der Waals surface area contributed by atoms with Gasteiger partial charge >= 0.3 is 12.3 Å². The van der Waals surface area contributed by atoms with Crippen molar-refractivity contribution < 1.29 is 22.7 Å². The molecule has 2 aromatic rings. The fourth-order valence-corrected chi connectivity index (χ4v) is 2.72. The zero-order valence-corrected chi connectivity index (χ0v) is 14.2. The van der Waals surface area contributed by atoms with Crippen molar-refractivity contribution in [2.75, 3.05) is 5.32 Å². The van der Waals surface area contributed by atoms with Gasteiger partial charge in [0, 0.05) is 6.42 Å². The first-order valence-electron chi connectivity index (χ1n) is 7.14. The second kappa shape index (κ2) is 6.80. The summed E-state index contributed by atoms with van der Waals surface area (Å²) in [7, 11) is 0. The lowest BCUT2D eigenvalue weighted by molar-refractivity contribution is -0.137. The van der Waals surface area contributed by atoms with Crippen LogP contribution in [0.4, 0.5) is 23.0 Å². The number of aromatic nitrogens is 1. The standard InChI is InChI=1S/C16H17F3N2O2S/c1-15(2,3)23-14(22)21-13-9-20-12(24-13)8-10-5-4-6-11(7-10)16(17,18)19/h4-7,9H,8H2,1-3H3,(H,21,22). The van der Waals surface area contributed by atoms with Crippen LogP contribution >= 0.6 is 11.3 Å². The number of ether oxygens (including phenoxy) is 1. The SMILES string of the molecule is CC(C)(C)OC(=O)Nc1cnc(Cc2cccc(C(F)(F)F)c2)s1. The third-order valence-corrected chi connectivity index (χ3v) is 3.70.